The molecule has 0 radical (unpaired) electrons. The summed E-state index contributed by atoms with van der Waals surface area (Å²) in [5.41, 5.74) is 0.466. The number of ether oxygens (including phenoxy) is 1. The number of unbranched alkanes of at least 4 members (excludes halogenated alkanes) is 1. The van der Waals surface area contributed by atoms with Crippen molar-refractivity contribution in [1.29, 1.82) is 0 Å². The number of anilines is 1. The number of hydrogen-bond donors (Lipinski definition) is 1. The summed E-state index contributed by atoms with van der Waals surface area (Å²) in [6.45, 7) is 2.64. The normalized spacial score (nSPS) is 10.8. The molecule has 0 fully saturated rings. The summed E-state index contributed by atoms with van der Waals surface area (Å²) in [6.07, 6.45) is 7.19. The Balaban J connectivity index is 2.39. The lowest BCUT2D eigenvalue weighted by Crippen LogP contribution is -2.01. The van der Waals surface area contributed by atoms with Crippen LogP contribution in [0.5, 0.6) is 5.75 Å². The average Bonchev–Trinajstić information content (AvgIpc) is 2.35. The van der Waals surface area contributed by atoms with Gasteiger partial charge in [0.1, 0.15) is 0 Å². The molecule has 0 aliphatic heterocycles. The smallest absolute Gasteiger partial charge is 0.188 e. The van der Waals surface area contributed by atoms with Crippen molar-refractivity contribution >= 4 is 5.69 Å². The van der Waals surface area contributed by atoms with Gasteiger partial charge >= 0.3 is 0 Å². The largest absolute Gasteiger partial charge is 0.490 e. The molecule has 2 nitrogen and oxygen atoms in total. The molecule has 1 N–H and O–H groups in total. The number of rotatable bonds is 7. The number of benzene rings is 1. The Morgan fingerprint density at radius 2 is 2.18 bits per heavy atom. The molecular weight excluding hydrogens is 217 g/mol. The fraction of sp³-hybridized carbons (Fsp3) is 0.429. The van der Waals surface area contributed by atoms with Crippen molar-refractivity contribution in [2.45, 2.75) is 26.2 Å². The van der Waals surface area contributed by atoms with Gasteiger partial charge < -0.3 is 10.1 Å². The Morgan fingerprint density at radius 1 is 1.35 bits per heavy atom. The van der Waals surface area contributed by atoms with E-state index in [0.717, 1.165) is 19.3 Å². The molecule has 0 heterocycles. The fourth-order valence-corrected chi connectivity index (χ4v) is 1.48. The maximum Gasteiger partial charge on any atom is 0.188 e. The lowest BCUT2D eigenvalue weighted by Gasteiger charge is -2.09. The second kappa shape index (κ2) is 7.71. The van der Waals surface area contributed by atoms with Crippen LogP contribution in [0.3, 0.4) is 0 Å². The minimum Gasteiger partial charge on any atom is -0.490 e. The summed E-state index contributed by atoms with van der Waals surface area (Å²) >= 11 is 0. The summed E-state index contributed by atoms with van der Waals surface area (Å²) in [5, 5.41) is 2.79. The summed E-state index contributed by atoms with van der Waals surface area (Å²) in [4.78, 5) is 0. The molecule has 1 aromatic carbocycles. The van der Waals surface area contributed by atoms with Crippen molar-refractivity contribution in [3.05, 3.63) is 36.2 Å². The van der Waals surface area contributed by atoms with Crippen molar-refractivity contribution < 1.29 is 9.13 Å². The lowest BCUT2D eigenvalue weighted by molar-refractivity contribution is 0.297. The highest BCUT2D eigenvalue weighted by atomic mass is 19.1. The molecular formula is C14H20FNO. The Labute approximate surface area is 102 Å². The highest BCUT2D eigenvalue weighted by molar-refractivity contribution is 5.49. The van der Waals surface area contributed by atoms with Crippen molar-refractivity contribution in [3.63, 3.8) is 0 Å². The van der Waals surface area contributed by atoms with Crippen LogP contribution >= 0.6 is 0 Å². The standard InChI is InChI=1S/C14H20FNO/c1-3-4-5-6-7-11-17-13-10-8-9-12(16-2)14(13)15/h4-5,8-10,16H,3,6-7,11H2,1-2H3. The third kappa shape index (κ3) is 4.47. The maximum atomic E-state index is 13.7. The first-order valence-electron chi connectivity index (χ1n) is 6.03. The van der Waals surface area contributed by atoms with Crippen LogP contribution in [0.25, 0.3) is 0 Å². The monoisotopic (exact) mass is 237 g/mol. The van der Waals surface area contributed by atoms with E-state index in [1.807, 2.05) is 0 Å². The highest BCUT2D eigenvalue weighted by Gasteiger charge is 2.06. The van der Waals surface area contributed by atoms with Crippen LogP contribution in [0.4, 0.5) is 10.1 Å². The SMILES string of the molecule is CCC=CCCCOc1cccc(NC)c1F. The zero-order chi connectivity index (χ0) is 12.5. The first kappa shape index (κ1) is 13.6. The lowest BCUT2D eigenvalue weighted by atomic mass is 10.2. The van der Waals surface area contributed by atoms with Crippen LogP contribution in [0, 0.1) is 5.82 Å². The van der Waals surface area contributed by atoms with Crippen LogP contribution in [-0.2, 0) is 0 Å². The van der Waals surface area contributed by atoms with Gasteiger partial charge in [0.2, 0.25) is 0 Å². The van der Waals surface area contributed by atoms with Gasteiger partial charge in [-0.2, -0.15) is 0 Å². The first-order chi connectivity index (χ1) is 8.29. The summed E-state index contributed by atoms with van der Waals surface area (Å²) < 4.78 is 19.1. The minimum absolute atomic E-state index is 0.316. The van der Waals surface area contributed by atoms with Crippen molar-refractivity contribution in [3.8, 4) is 5.75 Å². The third-order valence-corrected chi connectivity index (χ3v) is 2.41. The number of allylic oxidation sites excluding steroid dienone is 2. The second-order valence-electron chi connectivity index (χ2n) is 3.74. The first-order valence-corrected chi connectivity index (χ1v) is 6.03. The van der Waals surface area contributed by atoms with E-state index in [9.17, 15) is 4.39 Å². The zero-order valence-corrected chi connectivity index (χ0v) is 10.5. The second-order valence-corrected chi connectivity index (χ2v) is 3.74. The van der Waals surface area contributed by atoms with Gasteiger partial charge in [0.25, 0.3) is 0 Å². The highest BCUT2D eigenvalue weighted by Crippen LogP contribution is 2.23. The van der Waals surface area contributed by atoms with Crippen molar-refractivity contribution in [2.75, 3.05) is 19.0 Å². The summed E-state index contributed by atoms with van der Waals surface area (Å²) in [5.74, 6) is -0.00424. The minimum atomic E-state index is -0.320. The van der Waals surface area contributed by atoms with Gasteiger partial charge in [-0.25, -0.2) is 4.39 Å². The van der Waals surface area contributed by atoms with Gasteiger partial charge in [0.05, 0.1) is 12.3 Å². The quantitative estimate of drug-likeness (QED) is 0.572. The van der Waals surface area contributed by atoms with Gasteiger partial charge in [-0.1, -0.05) is 25.1 Å². The van der Waals surface area contributed by atoms with E-state index in [0.29, 0.717) is 18.0 Å². The van der Waals surface area contributed by atoms with Gasteiger partial charge in [0.15, 0.2) is 11.6 Å². The van der Waals surface area contributed by atoms with E-state index >= 15 is 0 Å². The zero-order valence-electron chi connectivity index (χ0n) is 10.5. The molecule has 0 amide bonds. The molecule has 0 aliphatic rings. The molecule has 0 bridgehead atoms. The Hall–Kier alpha value is -1.51. The van der Waals surface area contributed by atoms with Crippen LogP contribution in [0.15, 0.2) is 30.4 Å². The molecule has 0 aromatic heterocycles. The molecule has 1 rings (SSSR count). The average molecular weight is 237 g/mol. The van der Waals surface area contributed by atoms with E-state index in [2.05, 4.69) is 24.4 Å². The predicted octanol–water partition coefficient (Wildman–Crippen LogP) is 3.99. The summed E-state index contributed by atoms with van der Waals surface area (Å²) in [6, 6.07) is 5.12. The summed E-state index contributed by atoms with van der Waals surface area (Å²) in [7, 11) is 1.69. The molecule has 0 atom stereocenters. The third-order valence-electron chi connectivity index (χ3n) is 2.41. The Kier molecular flexibility index (Phi) is 6.15. The molecule has 1 aromatic rings. The van der Waals surface area contributed by atoms with Gasteiger partial charge in [-0.3, -0.25) is 0 Å². The van der Waals surface area contributed by atoms with E-state index in [1.54, 1.807) is 25.2 Å². The van der Waals surface area contributed by atoms with E-state index in [1.165, 1.54) is 0 Å². The molecule has 3 heteroatoms. The maximum absolute atomic E-state index is 13.7. The van der Waals surface area contributed by atoms with Crippen molar-refractivity contribution in [2.24, 2.45) is 0 Å². The molecule has 17 heavy (non-hydrogen) atoms. The fourth-order valence-electron chi connectivity index (χ4n) is 1.48. The molecule has 0 saturated carbocycles. The van der Waals surface area contributed by atoms with Crippen LogP contribution < -0.4 is 10.1 Å². The molecule has 0 aliphatic carbocycles. The number of nitrogens with one attached hydrogen (secondary N) is 1. The molecule has 0 saturated heterocycles. The predicted molar refractivity (Wildman–Crippen MR) is 70.1 cm³/mol. The number of hydrogen-bond acceptors (Lipinski definition) is 2. The number of halogens is 1. The Bertz CT molecular complexity index is 363. The molecule has 94 valence electrons. The van der Waals surface area contributed by atoms with E-state index < -0.39 is 0 Å². The topological polar surface area (TPSA) is 21.3 Å². The van der Waals surface area contributed by atoms with Crippen LogP contribution in [-0.4, -0.2) is 13.7 Å². The van der Waals surface area contributed by atoms with Gasteiger partial charge in [-0.15, -0.1) is 0 Å². The van der Waals surface area contributed by atoms with Gasteiger partial charge in [-0.05, 0) is 31.4 Å². The van der Waals surface area contributed by atoms with Gasteiger partial charge in [0, 0.05) is 7.05 Å². The van der Waals surface area contributed by atoms with Crippen molar-refractivity contribution in [1.82, 2.24) is 0 Å². The van der Waals surface area contributed by atoms with E-state index in [-0.39, 0.29) is 5.82 Å². The van der Waals surface area contributed by atoms with Crippen LogP contribution in [0.2, 0.25) is 0 Å². The Morgan fingerprint density at radius 3 is 2.88 bits per heavy atom. The molecule has 0 unspecified atom stereocenters. The van der Waals surface area contributed by atoms with E-state index in [4.69, 9.17) is 4.74 Å². The molecule has 0 spiro atoms. The van der Waals surface area contributed by atoms with Crippen LogP contribution in [0.1, 0.15) is 26.2 Å².